The number of aromatic amines is 1. The summed E-state index contributed by atoms with van der Waals surface area (Å²) in [4.78, 5) is 23.4. The Morgan fingerprint density at radius 3 is 2.29 bits per heavy atom. The van der Waals surface area contributed by atoms with E-state index in [9.17, 15) is 18.0 Å². The van der Waals surface area contributed by atoms with E-state index in [0.29, 0.717) is 0 Å². The number of rotatable bonds is 1. The van der Waals surface area contributed by atoms with E-state index < -0.39 is 25.2 Å². The van der Waals surface area contributed by atoms with Crippen LogP contribution in [0.15, 0.2) is 14.5 Å². The molecule has 14 heavy (non-hydrogen) atoms. The normalized spacial score (nSPS) is 11.6. The number of nitrogens with zero attached hydrogens (tertiary/aromatic N) is 1. The summed E-state index contributed by atoms with van der Waals surface area (Å²) in [5.74, 6) is 0. The molecule has 78 valence electrons. The van der Waals surface area contributed by atoms with Gasteiger partial charge in [-0.15, -0.1) is 0 Å². The molecule has 0 unspecified atom stereocenters. The van der Waals surface area contributed by atoms with Gasteiger partial charge in [0.1, 0.15) is 0 Å². The quantitative estimate of drug-likeness (QED) is 0.656. The molecule has 1 N–H and O–H groups in total. The molecular formula is C6H7ClN2O4S. The van der Waals surface area contributed by atoms with Gasteiger partial charge in [-0.2, -0.15) is 0 Å². The molecule has 1 heterocycles. The Bertz CT molecular complexity index is 583. The minimum absolute atomic E-state index is 0.00810. The summed E-state index contributed by atoms with van der Waals surface area (Å²) < 4.78 is 22.9. The Labute approximate surface area is 83.6 Å². The maximum absolute atomic E-state index is 11.1. The van der Waals surface area contributed by atoms with Crippen molar-refractivity contribution in [1.82, 2.24) is 9.55 Å². The van der Waals surface area contributed by atoms with Crippen LogP contribution in [0.5, 0.6) is 0 Å². The van der Waals surface area contributed by atoms with Crippen molar-refractivity contribution < 1.29 is 8.42 Å². The fourth-order valence-corrected chi connectivity index (χ4v) is 2.30. The molecule has 1 aromatic rings. The van der Waals surface area contributed by atoms with Crippen LogP contribution < -0.4 is 11.2 Å². The topological polar surface area (TPSA) is 89.0 Å². The predicted octanol–water partition coefficient (Wildman–Crippen LogP) is -0.690. The van der Waals surface area contributed by atoms with Crippen LogP contribution in [0.2, 0.25) is 0 Å². The van der Waals surface area contributed by atoms with E-state index in [-0.39, 0.29) is 5.69 Å². The fourth-order valence-electron chi connectivity index (χ4n) is 0.994. The van der Waals surface area contributed by atoms with Crippen molar-refractivity contribution in [3.8, 4) is 0 Å². The molecule has 0 aliphatic carbocycles. The minimum atomic E-state index is -4.13. The second kappa shape index (κ2) is 3.25. The van der Waals surface area contributed by atoms with E-state index in [0.717, 1.165) is 4.57 Å². The average molecular weight is 239 g/mol. The predicted molar refractivity (Wildman–Crippen MR) is 50.1 cm³/mol. The van der Waals surface area contributed by atoms with Crippen LogP contribution in [-0.2, 0) is 16.1 Å². The molecule has 0 saturated carbocycles. The molecule has 0 bridgehead atoms. The Balaban J connectivity index is 3.89. The summed E-state index contributed by atoms with van der Waals surface area (Å²) in [5.41, 5.74) is -1.68. The van der Waals surface area contributed by atoms with Gasteiger partial charge in [0.25, 0.3) is 14.6 Å². The number of H-pyrrole nitrogens is 1. The molecule has 0 spiro atoms. The van der Waals surface area contributed by atoms with Crippen molar-refractivity contribution in [3.05, 3.63) is 26.5 Å². The highest BCUT2D eigenvalue weighted by Gasteiger charge is 2.20. The molecule has 0 fully saturated rings. The number of hydrogen-bond donors (Lipinski definition) is 1. The van der Waals surface area contributed by atoms with Crippen LogP contribution in [0, 0.1) is 6.92 Å². The van der Waals surface area contributed by atoms with Crippen LogP contribution in [0.25, 0.3) is 0 Å². The first-order valence-corrected chi connectivity index (χ1v) is 5.80. The van der Waals surface area contributed by atoms with Gasteiger partial charge in [0.05, 0.1) is 0 Å². The van der Waals surface area contributed by atoms with Crippen molar-refractivity contribution in [1.29, 1.82) is 0 Å². The van der Waals surface area contributed by atoms with Crippen LogP contribution in [-0.4, -0.2) is 18.0 Å². The lowest BCUT2D eigenvalue weighted by Crippen LogP contribution is -2.33. The first-order chi connectivity index (χ1) is 6.25. The maximum atomic E-state index is 11.1. The summed E-state index contributed by atoms with van der Waals surface area (Å²) in [6.07, 6.45) is 0. The van der Waals surface area contributed by atoms with Crippen molar-refractivity contribution >= 4 is 19.7 Å². The van der Waals surface area contributed by atoms with Crippen LogP contribution >= 0.6 is 10.7 Å². The summed E-state index contributed by atoms with van der Waals surface area (Å²) >= 11 is 0. The van der Waals surface area contributed by atoms with Crippen LogP contribution in [0.1, 0.15) is 5.69 Å². The maximum Gasteiger partial charge on any atom is 0.328 e. The molecule has 0 atom stereocenters. The Kier molecular flexibility index (Phi) is 2.55. The smallest absolute Gasteiger partial charge is 0.300 e. The van der Waals surface area contributed by atoms with Crippen LogP contribution in [0.4, 0.5) is 0 Å². The standard InChI is InChI=1S/C6H7ClN2O4S/c1-3-4(14(7,12)13)5(10)8-6(11)9(3)2/h1-2H3,(H,8,10,11). The first-order valence-electron chi connectivity index (χ1n) is 3.49. The van der Waals surface area contributed by atoms with Gasteiger partial charge in [-0.1, -0.05) is 0 Å². The van der Waals surface area contributed by atoms with Gasteiger partial charge >= 0.3 is 5.69 Å². The molecule has 1 aromatic heterocycles. The minimum Gasteiger partial charge on any atom is -0.300 e. The molecule has 0 aliphatic heterocycles. The molecule has 0 radical (unpaired) electrons. The highest BCUT2D eigenvalue weighted by molar-refractivity contribution is 8.13. The molecule has 6 nitrogen and oxygen atoms in total. The lowest BCUT2D eigenvalue weighted by atomic mass is 10.4. The van der Waals surface area contributed by atoms with E-state index in [1.165, 1.54) is 14.0 Å². The van der Waals surface area contributed by atoms with Gasteiger partial charge in [0, 0.05) is 23.4 Å². The van der Waals surface area contributed by atoms with Gasteiger partial charge in [-0.3, -0.25) is 14.3 Å². The number of aromatic nitrogens is 2. The summed E-state index contributed by atoms with van der Waals surface area (Å²) in [5, 5.41) is 0. The summed E-state index contributed by atoms with van der Waals surface area (Å²) in [6.45, 7) is 1.33. The molecule has 8 heteroatoms. The van der Waals surface area contributed by atoms with Gasteiger partial charge < -0.3 is 0 Å². The van der Waals surface area contributed by atoms with Crippen molar-refractivity contribution in [3.63, 3.8) is 0 Å². The van der Waals surface area contributed by atoms with Crippen molar-refractivity contribution in [2.45, 2.75) is 11.8 Å². The largest absolute Gasteiger partial charge is 0.328 e. The highest BCUT2D eigenvalue weighted by atomic mass is 35.7. The Morgan fingerprint density at radius 2 is 1.86 bits per heavy atom. The fraction of sp³-hybridized carbons (Fsp3) is 0.333. The second-order valence-electron chi connectivity index (χ2n) is 2.67. The molecule has 1 rings (SSSR count). The van der Waals surface area contributed by atoms with Gasteiger partial charge in [0.15, 0.2) is 4.90 Å². The Hall–Kier alpha value is -1.08. The number of nitrogens with one attached hydrogen (secondary N) is 1. The highest BCUT2D eigenvalue weighted by Crippen LogP contribution is 2.12. The van der Waals surface area contributed by atoms with E-state index >= 15 is 0 Å². The zero-order valence-electron chi connectivity index (χ0n) is 7.37. The zero-order chi connectivity index (χ0) is 11.1. The first kappa shape index (κ1) is 11.0. The molecule has 0 saturated heterocycles. The van der Waals surface area contributed by atoms with E-state index in [1.807, 2.05) is 4.98 Å². The molecular weight excluding hydrogens is 232 g/mol. The summed E-state index contributed by atoms with van der Waals surface area (Å²) in [7, 11) is 2.23. The third kappa shape index (κ3) is 1.73. The van der Waals surface area contributed by atoms with Crippen LogP contribution in [0.3, 0.4) is 0 Å². The van der Waals surface area contributed by atoms with Crippen molar-refractivity contribution in [2.24, 2.45) is 7.05 Å². The third-order valence-corrected chi connectivity index (χ3v) is 3.24. The third-order valence-electron chi connectivity index (χ3n) is 1.81. The molecule has 0 aromatic carbocycles. The van der Waals surface area contributed by atoms with E-state index in [2.05, 4.69) is 0 Å². The number of hydrogen-bond acceptors (Lipinski definition) is 4. The number of halogens is 1. The van der Waals surface area contributed by atoms with Gasteiger partial charge in [-0.25, -0.2) is 13.2 Å². The summed E-state index contributed by atoms with van der Waals surface area (Å²) in [6, 6.07) is 0. The van der Waals surface area contributed by atoms with Gasteiger partial charge in [0.2, 0.25) is 0 Å². The molecule has 0 amide bonds. The SMILES string of the molecule is Cc1c(S(=O)(=O)Cl)c(=O)[nH]c(=O)n1C. The van der Waals surface area contributed by atoms with E-state index in [1.54, 1.807) is 0 Å². The lowest BCUT2D eigenvalue weighted by molar-refractivity contribution is 0.602. The van der Waals surface area contributed by atoms with Crippen molar-refractivity contribution in [2.75, 3.05) is 0 Å². The zero-order valence-corrected chi connectivity index (χ0v) is 8.94. The average Bonchev–Trinajstić information content (AvgIpc) is 1.97. The second-order valence-corrected chi connectivity index (χ2v) is 5.17. The van der Waals surface area contributed by atoms with E-state index in [4.69, 9.17) is 10.7 Å². The Morgan fingerprint density at radius 1 is 1.36 bits per heavy atom. The van der Waals surface area contributed by atoms with Gasteiger partial charge in [-0.05, 0) is 6.92 Å². The monoisotopic (exact) mass is 238 g/mol. The lowest BCUT2D eigenvalue weighted by Gasteiger charge is -2.04. The molecule has 0 aliphatic rings.